The fraction of sp³-hybridized carbons (Fsp3) is 0.500. The summed E-state index contributed by atoms with van der Waals surface area (Å²) in [5.41, 5.74) is 8.01. The molecule has 0 aliphatic heterocycles. The van der Waals surface area contributed by atoms with Crippen molar-refractivity contribution in [2.24, 2.45) is 11.7 Å². The lowest BCUT2D eigenvalue weighted by atomic mass is 10.1. The van der Waals surface area contributed by atoms with Crippen LogP contribution in [0.15, 0.2) is 24.3 Å². The van der Waals surface area contributed by atoms with Crippen molar-refractivity contribution in [3.63, 3.8) is 0 Å². The summed E-state index contributed by atoms with van der Waals surface area (Å²) in [5.74, 6) is -0.469. The third-order valence-corrected chi connectivity index (χ3v) is 3.42. The number of nitrogens with two attached hydrogens (primary N) is 1. The van der Waals surface area contributed by atoms with Gasteiger partial charge in [-0.25, -0.2) is 0 Å². The number of hydrogen-bond donors (Lipinski definition) is 3. The van der Waals surface area contributed by atoms with Crippen molar-refractivity contribution in [1.29, 1.82) is 0 Å². The number of halogens is 1. The molecule has 0 spiro atoms. The van der Waals surface area contributed by atoms with Crippen molar-refractivity contribution < 1.29 is 9.59 Å². The Hall–Kier alpha value is -1.59. The van der Waals surface area contributed by atoms with E-state index < -0.39 is 6.04 Å². The van der Waals surface area contributed by atoms with Crippen LogP contribution in [0.25, 0.3) is 0 Å². The Labute approximate surface area is 138 Å². The van der Waals surface area contributed by atoms with E-state index in [1.54, 1.807) is 0 Å². The topological polar surface area (TPSA) is 84.2 Å². The fourth-order valence-corrected chi connectivity index (χ4v) is 1.92. The molecule has 0 aromatic heterocycles. The normalized spacial score (nSPS) is 11.5. The predicted octanol–water partition coefficient (Wildman–Crippen LogP) is 1.39. The average molecular weight is 328 g/mol. The number of amides is 2. The minimum absolute atomic E-state index is 0. The molecule has 5 nitrogen and oxygen atoms in total. The van der Waals surface area contributed by atoms with E-state index in [2.05, 4.69) is 17.6 Å². The van der Waals surface area contributed by atoms with Crippen LogP contribution in [0.1, 0.15) is 31.9 Å². The van der Waals surface area contributed by atoms with Gasteiger partial charge in [-0.2, -0.15) is 0 Å². The maximum Gasteiger partial charge on any atom is 0.239 e. The minimum atomic E-state index is -0.585. The summed E-state index contributed by atoms with van der Waals surface area (Å²) < 4.78 is 0. The molecule has 0 fully saturated rings. The minimum Gasteiger partial charge on any atom is -0.350 e. The number of rotatable bonds is 7. The first kappa shape index (κ1) is 20.4. The molecule has 0 radical (unpaired) electrons. The van der Waals surface area contributed by atoms with Crippen molar-refractivity contribution in [1.82, 2.24) is 10.6 Å². The van der Waals surface area contributed by atoms with Gasteiger partial charge in [-0.05, 0) is 23.5 Å². The number of aryl methyl sites for hydroxylation is 1. The highest BCUT2D eigenvalue weighted by atomic mass is 35.5. The summed E-state index contributed by atoms with van der Waals surface area (Å²) in [5, 5.41) is 5.36. The zero-order chi connectivity index (χ0) is 15.8. The second kappa shape index (κ2) is 10.2. The molecular weight excluding hydrogens is 302 g/mol. The van der Waals surface area contributed by atoms with E-state index >= 15 is 0 Å². The van der Waals surface area contributed by atoms with Gasteiger partial charge in [0.25, 0.3) is 0 Å². The van der Waals surface area contributed by atoms with Gasteiger partial charge in [-0.15, -0.1) is 12.4 Å². The third kappa shape index (κ3) is 6.45. The number of carbonyl (C=O) groups excluding carboxylic acids is 2. The molecule has 1 aromatic rings. The molecule has 0 heterocycles. The second-order valence-electron chi connectivity index (χ2n) is 5.39. The summed E-state index contributed by atoms with van der Waals surface area (Å²) >= 11 is 0. The Morgan fingerprint density at radius 3 is 2.27 bits per heavy atom. The third-order valence-electron chi connectivity index (χ3n) is 3.42. The van der Waals surface area contributed by atoms with Crippen LogP contribution in [0.4, 0.5) is 0 Å². The highest BCUT2D eigenvalue weighted by Crippen LogP contribution is 2.08. The molecule has 22 heavy (non-hydrogen) atoms. The van der Waals surface area contributed by atoms with E-state index in [0.29, 0.717) is 6.54 Å². The number of carbonyl (C=O) groups is 2. The number of hydrogen-bond acceptors (Lipinski definition) is 3. The standard InChI is InChI=1S/C16H25N3O2.ClH/c1-4-12-7-5-6-8-13(12)9-18-14(20)10-19-16(21)15(17)11(2)3;/h5-8,11,15H,4,9-10,17H2,1-3H3,(H,18,20)(H,19,21);1H/t15-;/m0./s1. The number of nitrogens with one attached hydrogen (secondary N) is 2. The Balaban J connectivity index is 0.00000441. The quantitative estimate of drug-likeness (QED) is 0.707. The summed E-state index contributed by atoms with van der Waals surface area (Å²) in [4.78, 5) is 23.4. The SMILES string of the molecule is CCc1ccccc1CNC(=O)CNC(=O)[C@@H](N)C(C)C.Cl. The van der Waals surface area contributed by atoms with Crippen molar-refractivity contribution in [2.75, 3.05) is 6.54 Å². The van der Waals surface area contributed by atoms with Crippen molar-refractivity contribution in [3.8, 4) is 0 Å². The van der Waals surface area contributed by atoms with Gasteiger partial charge < -0.3 is 16.4 Å². The Morgan fingerprint density at radius 1 is 1.14 bits per heavy atom. The van der Waals surface area contributed by atoms with Gasteiger partial charge >= 0.3 is 0 Å². The van der Waals surface area contributed by atoms with Crippen LogP contribution < -0.4 is 16.4 Å². The molecule has 124 valence electrons. The van der Waals surface area contributed by atoms with Crippen LogP contribution in [-0.4, -0.2) is 24.4 Å². The zero-order valence-corrected chi connectivity index (χ0v) is 14.2. The molecule has 1 atom stereocenters. The zero-order valence-electron chi connectivity index (χ0n) is 13.4. The summed E-state index contributed by atoms with van der Waals surface area (Å²) in [7, 11) is 0. The van der Waals surface area contributed by atoms with Crippen LogP contribution in [0.2, 0.25) is 0 Å². The molecule has 0 unspecified atom stereocenters. The average Bonchev–Trinajstić information content (AvgIpc) is 2.49. The smallest absolute Gasteiger partial charge is 0.239 e. The Morgan fingerprint density at radius 2 is 1.73 bits per heavy atom. The molecule has 0 aliphatic rings. The molecule has 2 amide bonds. The van der Waals surface area contributed by atoms with E-state index in [0.717, 1.165) is 12.0 Å². The molecule has 0 saturated carbocycles. The van der Waals surface area contributed by atoms with Gasteiger partial charge in [0, 0.05) is 6.54 Å². The molecule has 6 heteroatoms. The van der Waals surface area contributed by atoms with Crippen LogP contribution in [0.5, 0.6) is 0 Å². The predicted molar refractivity (Wildman–Crippen MR) is 90.7 cm³/mol. The van der Waals surface area contributed by atoms with Crippen LogP contribution in [0.3, 0.4) is 0 Å². The summed E-state index contributed by atoms with van der Waals surface area (Å²) in [6.45, 7) is 6.23. The molecule has 0 saturated heterocycles. The Bertz CT molecular complexity index is 492. The highest BCUT2D eigenvalue weighted by molar-refractivity contribution is 5.87. The van der Waals surface area contributed by atoms with Crippen LogP contribution in [-0.2, 0) is 22.6 Å². The van der Waals surface area contributed by atoms with E-state index in [9.17, 15) is 9.59 Å². The molecule has 0 aliphatic carbocycles. The van der Waals surface area contributed by atoms with Crippen LogP contribution in [0, 0.1) is 5.92 Å². The molecule has 1 rings (SSSR count). The van der Waals surface area contributed by atoms with E-state index in [1.165, 1.54) is 5.56 Å². The van der Waals surface area contributed by atoms with Crippen molar-refractivity contribution in [3.05, 3.63) is 35.4 Å². The lowest BCUT2D eigenvalue weighted by Crippen LogP contribution is -2.47. The van der Waals surface area contributed by atoms with Gasteiger partial charge in [0.15, 0.2) is 0 Å². The fourth-order valence-electron chi connectivity index (χ4n) is 1.92. The molecular formula is C16H26ClN3O2. The van der Waals surface area contributed by atoms with E-state index in [-0.39, 0.29) is 36.7 Å². The highest BCUT2D eigenvalue weighted by Gasteiger charge is 2.17. The molecule has 1 aromatic carbocycles. The summed E-state index contributed by atoms with van der Waals surface area (Å²) in [6, 6.07) is 7.39. The molecule has 0 bridgehead atoms. The first-order valence-corrected chi connectivity index (χ1v) is 7.32. The monoisotopic (exact) mass is 327 g/mol. The second-order valence-corrected chi connectivity index (χ2v) is 5.39. The van der Waals surface area contributed by atoms with Gasteiger partial charge in [0.1, 0.15) is 0 Å². The first-order valence-electron chi connectivity index (χ1n) is 7.32. The Kier molecular flexibility index (Phi) is 9.45. The van der Waals surface area contributed by atoms with Gasteiger partial charge in [0.05, 0.1) is 12.6 Å². The lowest BCUT2D eigenvalue weighted by molar-refractivity contribution is -0.127. The molecule has 4 N–H and O–H groups in total. The van der Waals surface area contributed by atoms with Crippen molar-refractivity contribution >= 4 is 24.2 Å². The first-order chi connectivity index (χ1) is 9.95. The van der Waals surface area contributed by atoms with Gasteiger partial charge in [0.2, 0.25) is 11.8 Å². The van der Waals surface area contributed by atoms with Gasteiger partial charge in [-0.1, -0.05) is 45.0 Å². The lowest BCUT2D eigenvalue weighted by Gasteiger charge is -2.15. The maximum absolute atomic E-state index is 11.7. The van der Waals surface area contributed by atoms with E-state index in [1.807, 2.05) is 38.1 Å². The van der Waals surface area contributed by atoms with Gasteiger partial charge in [-0.3, -0.25) is 9.59 Å². The van der Waals surface area contributed by atoms with Crippen LogP contribution >= 0.6 is 12.4 Å². The van der Waals surface area contributed by atoms with Crippen molar-refractivity contribution in [2.45, 2.75) is 39.8 Å². The summed E-state index contributed by atoms with van der Waals surface area (Å²) in [6.07, 6.45) is 0.923. The largest absolute Gasteiger partial charge is 0.350 e. The van der Waals surface area contributed by atoms with E-state index in [4.69, 9.17) is 5.73 Å². The number of benzene rings is 1. The maximum atomic E-state index is 11.7.